The predicted octanol–water partition coefficient (Wildman–Crippen LogP) is 5.73. The van der Waals surface area contributed by atoms with Crippen molar-refractivity contribution in [1.29, 1.82) is 0 Å². The third-order valence-electron chi connectivity index (χ3n) is 5.83. The van der Waals surface area contributed by atoms with Crippen LogP contribution in [0.2, 0.25) is 0 Å². The van der Waals surface area contributed by atoms with Crippen molar-refractivity contribution in [1.82, 2.24) is 0 Å². The van der Waals surface area contributed by atoms with E-state index < -0.39 is 10.8 Å². The van der Waals surface area contributed by atoms with Crippen molar-refractivity contribution in [2.75, 3.05) is 26.1 Å². The number of carbonyl (C=O) groups excluding carboxylic acids is 3. The van der Waals surface area contributed by atoms with Gasteiger partial charge >= 0.3 is 0 Å². The minimum Gasteiger partial charge on any atom is -0.326 e. The fraction of sp³-hybridized carbons (Fsp3) is 0.276. The van der Waals surface area contributed by atoms with Crippen LogP contribution in [0.4, 0.5) is 17.1 Å². The van der Waals surface area contributed by atoms with Gasteiger partial charge in [-0.05, 0) is 70.5 Å². The highest BCUT2D eigenvalue weighted by molar-refractivity contribution is 14.1. The molecule has 5 N–H and O–H groups in total. The summed E-state index contributed by atoms with van der Waals surface area (Å²) in [5.74, 6) is 0.795. The van der Waals surface area contributed by atoms with E-state index in [2.05, 4.69) is 58.1 Å². The number of rotatable bonds is 2. The highest BCUT2D eigenvalue weighted by Gasteiger charge is 2.19. The molecule has 6 rings (SSSR count). The number of alkyl halides is 1. The molecule has 0 saturated heterocycles. The molecule has 220 valence electrons. The number of anilines is 3. The number of benzene rings is 3. The van der Waals surface area contributed by atoms with Crippen LogP contribution in [0.3, 0.4) is 0 Å². The van der Waals surface area contributed by atoms with Crippen molar-refractivity contribution in [2.45, 2.75) is 49.8 Å². The number of fused-ring (bicyclic) bond motifs is 3. The highest BCUT2D eigenvalue weighted by Crippen LogP contribution is 2.26. The Hall–Kier alpha value is -2.78. The fourth-order valence-electron chi connectivity index (χ4n) is 4.09. The summed E-state index contributed by atoms with van der Waals surface area (Å²) in [7, 11) is -0.933. The van der Waals surface area contributed by atoms with Crippen molar-refractivity contribution in [3.8, 4) is 0 Å². The van der Waals surface area contributed by atoms with E-state index in [-0.39, 0.29) is 17.7 Å². The van der Waals surface area contributed by atoms with Gasteiger partial charge in [0.2, 0.25) is 17.7 Å². The van der Waals surface area contributed by atoms with Crippen LogP contribution in [0.5, 0.6) is 0 Å². The first-order chi connectivity index (χ1) is 19.6. The van der Waals surface area contributed by atoms with Crippen LogP contribution in [0.25, 0.3) is 0 Å². The van der Waals surface area contributed by atoms with Gasteiger partial charge in [0.1, 0.15) is 0 Å². The maximum atomic E-state index is 11.5. The summed E-state index contributed by atoms with van der Waals surface area (Å²) in [6, 6.07) is 17.2. The number of nitrogens with one attached hydrogen (secondary N) is 3. The number of halogens is 1. The normalized spacial score (nSPS) is 13.9. The zero-order chi connectivity index (χ0) is 30.5. The van der Waals surface area contributed by atoms with E-state index in [4.69, 9.17) is 10.5 Å². The van der Waals surface area contributed by atoms with Crippen LogP contribution in [0.15, 0.2) is 64.4 Å². The maximum absolute atomic E-state index is 11.5. The summed E-state index contributed by atoms with van der Waals surface area (Å²) < 4.78 is 12.7. The Balaban J connectivity index is 0.000000201. The summed E-state index contributed by atoms with van der Waals surface area (Å²) in [5.41, 5.74) is 7.08. The second-order valence-electron chi connectivity index (χ2n) is 8.90. The molecule has 0 spiro atoms. The Morgan fingerprint density at radius 2 is 1.17 bits per heavy atom. The molecule has 0 aromatic heterocycles. The molecule has 3 aliphatic heterocycles. The molecule has 3 aliphatic rings. The second-order valence-corrected chi connectivity index (χ2v) is 12.7. The van der Waals surface area contributed by atoms with Gasteiger partial charge in [-0.25, -0.2) is 0 Å². The van der Waals surface area contributed by atoms with Gasteiger partial charge in [-0.1, -0.05) is 54.1 Å². The molecule has 0 aliphatic carbocycles. The van der Waals surface area contributed by atoms with E-state index in [0.29, 0.717) is 25.0 Å². The molecule has 3 aromatic rings. The smallest absolute Gasteiger partial charge is 0.228 e. The average Bonchev–Trinajstić information content (AvgIpc) is 3.63. The third kappa shape index (κ3) is 10.5. The number of thiol groups is 1. The van der Waals surface area contributed by atoms with Crippen molar-refractivity contribution in [2.24, 2.45) is 0 Å². The van der Waals surface area contributed by atoms with Crippen molar-refractivity contribution in [3.63, 3.8) is 0 Å². The molecule has 0 bridgehead atoms. The standard InChI is InChI=1S/C10H11NO2S.C9H9NO.C8H7NOS.C2H5I.H2O2/c1-2-14(13)8-3-4-9-7(5-8)6-10(12)11-9;1-6-2-3-8-7(4-6)5-9(11)10-8;10-8-4-5-3-6(11)1-2-7(5)9-8;1-2-3;1-2/h3-5H,2,6H2,1H3,(H,11,12);2-4H,5H2,1H3,(H,10,11);1-3,11H,4H2,(H,9,10);2H2,1H3;1-2H. The van der Waals surface area contributed by atoms with Gasteiger partial charge in [-0.2, -0.15) is 0 Å². The number of carbonyl (C=O) groups is 3. The molecular formula is C29H34IN3O6S2. The minimum absolute atomic E-state index is 0.0134. The molecule has 1 unspecified atom stereocenters. The maximum Gasteiger partial charge on any atom is 0.228 e. The monoisotopic (exact) mass is 711 g/mol. The van der Waals surface area contributed by atoms with E-state index in [1.54, 1.807) is 0 Å². The largest absolute Gasteiger partial charge is 0.326 e. The summed E-state index contributed by atoms with van der Waals surface area (Å²) in [5, 5.41) is 20.3. The Morgan fingerprint density at radius 3 is 1.66 bits per heavy atom. The minimum atomic E-state index is -0.933. The summed E-state index contributed by atoms with van der Waals surface area (Å²) in [4.78, 5) is 34.6. The number of hydrogen-bond donors (Lipinski definition) is 6. The van der Waals surface area contributed by atoms with Gasteiger partial charge in [0, 0.05) is 32.6 Å². The van der Waals surface area contributed by atoms with E-state index in [1.165, 1.54) is 9.99 Å². The first kappa shape index (κ1) is 34.4. The molecule has 3 heterocycles. The number of hydrogen-bond acceptors (Lipinski definition) is 7. The van der Waals surface area contributed by atoms with Crippen LogP contribution >= 0.6 is 35.2 Å². The van der Waals surface area contributed by atoms with Gasteiger partial charge < -0.3 is 16.0 Å². The first-order valence-corrected chi connectivity index (χ1v) is 16.0. The van der Waals surface area contributed by atoms with Crippen LogP contribution < -0.4 is 16.0 Å². The average molecular weight is 712 g/mol. The zero-order valence-corrected chi connectivity index (χ0v) is 26.9. The molecule has 0 saturated carbocycles. The SMILES string of the molecule is CCI.CCS(=O)c1ccc2c(c1)CC(=O)N2.Cc1ccc2c(c1)CC(=O)N2.O=C1Cc2cc(S)ccc2N1.OO. The van der Waals surface area contributed by atoms with E-state index in [1.807, 2.05) is 68.4 Å². The first-order valence-electron chi connectivity index (χ1n) is 12.7. The van der Waals surface area contributed by atoms with E-state index >= 15 is 0 Å². The lowest BCUT2D eigenvalue weighted by Gasteiger charge is -2.02. The lowest BCUT2D eigenvalue weighted by atomic mass is 10.1. The third-order valence-corrected chi connectivity index (χ3v) is 7.41. The van der Waals surface area contributed by atoms with Crippen molar-refractivity contribution >= 4 is 80.8 Å². The molecular weight excluding hydrogens is 677 g/mol. The number of aryl methyl sites for hydroxylation is 1. The molecule has 41 heavy (non-hydrogen) atoms. The summed E-state index contributed by atoms with van der Waals surface area (Å²) >= 11 is 6.46. The lowest BCUT2D eigenvalue weighted by Crippen LogP contribution is -2.03. The quantitative estimate of drug-likeness (QED) is 0.0660. The zero-order valence-electron chi connectivity index (χ0n) is 23.0. The summed E-state index contributed by atoms with van der Waals surface area (Å²) in [6.07, 6.45) is 1.44. The predicted molar refractivity (Wildman–Crippen MR) is 175 cm³/mol. The topological polar surface area (TPSA) is 145 Å². The highest BCUT2D eigenvalue weighted by atomic mass is 127. The lowest BCUT2D eigenvalue weighted by molar-refractivity contribution is -0.176. The Bertz CT molecular complexity index is 1350. The molecule has 1 atom stereocenters. The molecule has 3 aromatic carbocycles. The molecule has 3 amide bonds. The van der Waals surface area contributed by atoms with Crippen LogP contribution in [-0.4, -0.2) is 42.6 Å². The van der Waals surface area contributed by atoms with E-state index in [0.717, 1.165) is 43.5 Å². The molecule has 0 radical (unpaired) electrons. The van der Waals surface area contributed by atoms with Crippen LogP contribution in [0.1, 0.15) is 36.1 Å². The van der Waals surface area contributed by atoms with Crippen molar-refractivity contribution in [3.05, 3.63) is 76.9 Å². The van der Waals surface area contributed by atoms with Gasteiger partial charge in [0.25, 0.3) is 0 Å². The van der Waals surface area contributed by atoms with Gasteiger partial charge in [-0.3, -0.25) is 29.1 Å². The fourth-order valence-corrected chi connectivity index (χ4v) is 5.14. The Labute approximate surface area is 261 Å². The molecule has 0 fully saturated rings. The molecule has 12 heteroatoms. The van der Waals surface area contributed by atoms with Gasteiger partial charge in [0.15, 0.2) is 0 Å². The van der Waals surface area contributed by atoms with Crippen molar-refractivity contribution < 1.29 is 29.1 Å². The molecule has 9 nitrogen and oxygen atoms in total. The summed E-state index contributed by atoms with van der Waals surface area (Å²) in [6.45, 7) is 6.02. The van der Waals surface area contributed by atoms with E-state index in [9.17, 15) is 18.6 Å². The van der Waals surface area contributed by atoms with Crippen LogP contribution in [-0.2, 0) is 44.4 Å². The van der Waals surface area contributed by atoms with Gasteiger partial charge in [0.05, 0.1) is 30.1 Å². The van der Waals surface area contributed by atoms with Crippen LogP contribution in [0, 0.1) is 6.92 Å². The Morgan fingerprint density at radius 1 is 0.756 bits per heavy atom. The Kier molecular flexibility index (Phi) is 14.5. The second kappa shape index (κ2) is 17.2. The van der Waals surface area contributed by atoms with Gasteiger partial charge in [-0.15, -0.1) is 12.6 Å². The number of amides is 3.